The summed E-state index contributed by atoms with van der Waals surface area (Å²) in [5, 5.41) is 2.71. The number of anilines is 1. The number of fused-ring (bicyclic) bond motifs is 5. The average molecular weight is 384 g/mol. The van der Waals surface area contributed by atoms with Crippen LogP contribution in [0.4, 0.5) is 5.69 Å². The number of ether oxygens (including phenoxy) is 1. The Hall–Kier alpha value is -2.70. The molecule has 0 radical (unpaired) electrons. The van der Waals surface area contributed by atoms with Gasteiger partial charge in [-0.3, -0.25) is 24.1 Å². The molecule has 28 heavy (non-hydrogen) atoms. The van der Waals surface area contributed by atoms with E-state index in [1.807, 2.05) is 26.0 Å². The minimum atomic E-state index is -0.745. The van der Waals surface area contributed by atoms with Gasteiger partial charge in [0.25, 0.3) is 5.91 Å². The minimum Gasteiger partial charge on any atom is -0.454 e. The quantitative estimate of drug-likeness (QED) is 0.617. The summed E-state index contributed by atoms with van der Waals surface area (Å²) < 4.78 is 5.00. The normalized spacial score (nSPS) is 27.9. The monoisotopic (exact) mass is 384 g/mol. The lowest BCUT2D eigenvalue weighted by Crippen LogP contribution is -2.38. The summed E-state index contributed by atoms with van der Waals surface area (Å²) in [6.07, 6.45) is 2.92. The Kier molecular flexibility index (Phi) is 4.69. The number of carbonyl (C=O) groups is 4. The van der Waals surface area contributed by atoms with Gasteiger partial charge in [-0.25, -0.2) is 0 Å². The molecule has 1 heterocycles. The van der Waals surface area contributed by atoms with Gasteiger partial charge in [0.1, 0.15) is 6.54 Å². The van der Waals surface area contributed by atoms with Crippen LogP contribution in [0.25, 0.3) is 0 Å². The van der Waals surface area contributed by atoms with Crippen LogP contribution in [-0.2, 0) is 23.9 Å². The molecule has 3 fully saturated rings. The number of rotatable bonds is 5. The lowest BCUT2D eigenvalue weighted by atomic mass is 9.81. The molecule has 3 amide bonds. The van der Waals surface area contributed by atoms with Crippen molar-refractivity contribution in [2.24, 2.45) is 23.7 Å². The highest BCUT2D eigenvalue weighted by Gasteiger charge is 2.61. The Morgan fingerprint density at radius 2 is 1.75 bits per heavy atom. The number of hydrogen-bond acceptors (Lipinski definition) is 5. The molecule has 7 heteroatoms. The van der Waals surface area contributed by atoms with Crippen LogP contribution in [0.5, 0.6) is 0 Å². The highest BCUT2D eigenvalue weighted by molar-refractivity contribution is 6.08. The van der Waals surface area contributed by atoms with Gasteiger partial charge in [0.15, 0.2) is 6.61 Å². The molecule has 0 spiro atoms. The van der Waals surface area contributed by atoms with E-state index in [9.17, 15) is 19.2 Å². The fourth-order valence-electron chi connectivity index (χ4n) is 5.02. The first-order chi connectivity index (χ1) is 13.4. The maximum absolute atomic E-state index is 12.6. The summed E-state index contributed by atoms with van der Waals surface area (Å²) in [5.74, 6) is -1.68. The van der Waals surface area contributed by atoms with Crippen molar-refractivity contribution in [3.63, 3.8) is 0 Å². The van der Waals surface area contributed by atoms with Crippen LogP contribution in [0.1, 0.15) is 30.4 Å². The van der Waals surface area contributed by atoms with Crippen LogP contribution in [0.15, 0.2) is 18.2 Å². The zero-order chi connectivity index (χ0) is 20.0. The van der Waals surface area contributed by atoms with Gasteiger partial charge >= 0.3 is 5.97 Å². The number of aryl methyl sites for hydroxylation is 1. The first-order valence-electron chi connectivity index (χ1n) is 9.73. The van der Waals surface area contributed by atoms with Crippen LogP contribution in [0.2, 0.25) is 0 Å². The van der Waals surface area contributed by atoms with Gasteiger partial charge in [-0.1, -0.05) is 12.1 Å². The van der Waals surface area contributed by atoms with Gasteiger partial charge in [-0.05, 0) is 62.1 Å². The molecule has 2 aliphatic carbocycles. The molecule has 1 N–H and O–H groups in total. The highest BCUT2D eigenvalue weighted by Crippen LogP contribution is 2.56. The predicted molar refractivity (Wildman–Crippen MR) is 100 cm³/mol. The van der Waals surface area contributed by atoms with Gasteiger partial charge in [0.05, 0.1) is 11.8 Å². The second kappa shape index (κ2) is 7.04. The third-order valence-corrected chi connectivity index (χ3v) is 6.55. The third kappa shape index (κ3) is 3.08. The second-order valence-corrected chi connectivity index (χ2v) is 8.10. The summed E-state index contributed by atoms with van der Waals surface area (Å²) >= 11 is 0. The van der Waals surface area contributed by atoms with Crippen molar-refractivity contribution >= 4 is 29.4 Å². The third-order valence-electron chi connectivity index (χ3n) is 6.55. The minimum absolute atomic E-state index is 0.251. The molecular weight excluding hydrogens is 360 g/mol. The summed E-state index contributed by atoms with van der Waals surface area (Å²) in [4.78, 5) is 50.4. The van der Waals surface area contributed by atoms with Crippen LogP contribution < -0.4 is 5.32 Å². The summed E-state index contributed by atoms with van der Waals surface area (Å²) in [6, 6.07) is 5.55. The number of hydrogen-bond donors (Lipinski definition) is 1. The molecule has 4 atom stereocenters. The molecule has 1 aromatic rings. The van der Waals surface area contributed by atoms with Gasteiger partial charge in [-0.2, -0.15) is 0 Å². The van der Waals surface area contributed by atoms with E-state index in [0.717, 1.165) is 35.3 Å². The average Bonchev–Trinajstić information content (AvgIpc) is 3.34. The Bertz CT molecular complexity index is 836. The van der Waals surface area contributed by atoms with Gasteiger partial charge in [0, 0.05) is 5.69 Å². The van der Waals surface area contributed by atoms with Gasteiger partial charge in [-0.15, -0.1) is 0 Å². The lowest BCUT2D eigenvalue weighted by molar-refractivity contribution is -0.154. The second-order valence-electron chi connectivity index (χ2n) is 8.10. The fraction of sp³-hybridized carbons (Fsp3) is 0.524. The molecule has 2 saturated carbocycles. The summed E-state index contributed by atoms with van der Waals surface area (Å²) in [7, 11) is 0. The van der Waals surface area contributed by atoms with Crippen molar-refractivity contribution in [1.82, 2.24) is 4.90 Å². The molecule has 148 valence electrons. The molecule has 1 saturated heterocycles. The zero-order valence-electron chi connectivity index (χ0n) is 16.1. The SMILES string of the molecule is Cc1cccc(NC(=O)COC(=O)CN2C(=O)[C@@H]3[C@@H]4CC[C@@H](C4)[C@@H]3C2=O)c1C. The first kappa shape index (κ1) is 18.7. The van der Waals surface area contributed by atoms with Crippen LogP contribution >= 0.6 is 0 Å². The van der Waals surface area contributed by atoms with Crippen molar-refractivity contribution in [3.8, 4) is 0 Å². The van der Waals surface area contributed by atoms with E-state index in [4.69, 9.17) is 4.74 Å². The van der Waals surface area contributed by atoms with E-state index in [0.29, 0.717) is 5.69 Å². The van der Waals surface area contributed by atoms with Crippen LogP contribution in [0.3, 0.4) is 0 Å². The Morgan fingerprint density at radius 3 is 2.39 bits per heavy atom. The number of benzene rings is 1. The van der Waals surface area contributed by atoms with Gasteiger partial charge < -0.3 is 10.1 Å². The molecule has 2 bridgehead atoms. The first-order valence-corrected chi connectivity index (χ1v) is 9.73. The Balaban J connectivity index is 1.30. The smallest absolute Gasteiger partial charge is 0.326 e. The molecule has 0 unspecified atom stereocenters. The van der Waals surface area contributed by atoms with Crippen LogP contribution in [0, 0.1) is 37.5 Å². The molecule has 1 aromatic carbocycles. The van der Waals surface area contributed by atoms with E-state index < -0.39 is 25.0 Å². The van der Waals surface area contributed by atoms with Crippen LogP contribution in [-0.4, -0.2) is 41.7 Å². The Morgan fingerprint density at radius 1 is 1.11 bits per heavy atom. The predicted octanol–water partition coefficient (Wildman–Crippen LogP) is 1.82. The van der Waals surface area contributed by atoms with E-state index in [1.54, 1.807) is 6.07 Å². The number of amides is 3. The number of nitrogens with zero attached hydrogens (tertiary/aromatic N) is 1. The van der Waals surface area contributed by atoms with E-state index in [1.165, 1.54) is 0 Å². The number of imide groups is 1. The standard InChI is InChI=1S/C21H24N2O5/c1-11-4-3-5-15(12(11)2)22-16(24)10-28-17(25)9-23-20(26)18-13-6-7-14(8-13)19(18)21(23)27/h3-5,13-14,18-19H,6-10H2,1-2H3,(H,22,24)/t13-,14+,18-,19+. The number of esters is 1. The van der Waals surface area contributed by atoms with Crippen molar-refractivity contribution < 1.29 is 23.9 Å². The molecular formula is C21H24N2O5. The number of carbonyl (C=O) groups excluding carboxylic acids is 4. The maximum atomic E-state index is 12.6. The zero-order valence-corrected chi connectivity index (χ0v) is 16.1. The summed E-state index contributed by atoms with van der Waals surface area (Å²) in [5.41, 5.74) is 2.64. The fourth-order valence-corrected chi connectivity index (χ4v) is 5.02. The molecule has 4 rings (SSSR count). The van der Waals surface area contributed by atoms with Gasteiger partial charge in [0.2, 0.25) is 11.8 Å². The van der Waals surface area contributed by atoms with E-state index in [-0.39, 0.29) is 35.5 Å². The Labute approximate surface area is 163 Å². The van der Waals surface area contributed by atoms with Crippen molar-refractivity contribution in [2.75, 3.05) is 18.5 Å². The topological polar surface area (TPSA) is 92.8 Å². The van der Waals surface area contributed by atoms with E-state index in [2.05, 4.69) is 5.32 Å². The summed E-state index contributed by atoms with van der Waals surface area (Å²) in [6.45, 7) is 2.96. The van der Waals surface area contributed by atoms with Crippen molar-refractivity contribution in [3.05, 3.63) is 29.3 Å². The molecule has 7 nitrogen and oxygen atoms in total. The largest absolute Gasteiger partial charge is 0.454 e. The van der Waals surface area contributed by atoms with Crippen molar-refractivity contribution in [1.29, 1.82) is 0 Å². The molecule has 1 aliphatic heterocycles. The lowest BCUT2D eigenvalue weighted by Gasteiger charge is -2.19. The highest BCUT2D eigenvalue weighted by atomic mass is 16.5. The van der Waals surface area contributed by atoms with Crippen molar-refractivity contribution in [2.45, 2.75) is 33.1 Å². The number of likely N-dealkylation sites (tertiary alicyclic amines) is 1. The maximum Gasteiger partial charge on any atom is 0.326 e. The molecule has 0 aromatic heterocycles. The van der Waals surface area contributed by atoms with E-state index >= 15 is 0 Å². The number of nitrogens with one attached hydrogen (secondary N) is 1. The molecule has 3 aliphatic rings.